The minimum absolute atomic E-state index is 0.0697. The molecule has 0 fully saturated rings. The van der Waals surface area contributed by atoms with E-state index in [-0.39, 0.29) is 36.2 Å². The van der Waals surface area contributed by atoms with Crippen LogP contribution in [0.2, 0.25) is 0 Å². The lowest BCUT2D eigenvalue weighted by atomic mass is 10.1. The predicted octanol–water partition coefficient (Wildman–Crippen LogP) is 6.64. The maximum atomic E-state index is 14.9. The molecular formula is C34H33F2N5O5. The highest BCUT2D eigenvalue weighted by molar-refractivity contribution is 6.03. The number of ether oxygens (including phenoxy) is 3. The summed E-state index contributed by atoms with van der Waals surface area (Å²) in [5, 5.41) is 3.18. The average molecular weight is 630 g/mol. The lowest BCUT2D eigenvalue weighted by Crippen LogP contribution is -2.35. The van der Waals surface area contributed by atoms with Gasteiger partial charge in [0.1, 0.15) is 40.1 Å². The number of anilines is 3. The fourth-order valence-corrected chi connectivity index (χ4v) is 5.59. The van der Waals surface area contributed by atoms with Crippen molar-refractivity contribution < 1.29 is 32.6 Å². The number of aromatic nitrogens is 2. The van der Waals surface area contributed by atoms with E-state index < -0.39 is 28.9 Å². The Labute approximate surface area is 264 Å². The third-order valence-electron chi connectivity index (χ3n) is 7.72. The van der Waals surface area contributed by atoms with Crippen LogP contribution in [-0.2, 0) is 24.2 Å². The van der Waals surface area contributed by atoms with Gasteiger partial charge in [-0.3, -0.25) is 9.69 Å². The Kier molecular flexibility index (Phi) is 7.97. The fraction of sp³-hybridized carbons (Fsp3) is 0.294. The van der Waals surface area contributed by atoms with Crippen molar-refractivity contribution in [3.8, 4) is 22.9 Å². The van der Waals surface area contributed by atoms with Crippen LogP contribution in [0.15, 0.2) is 54.6 Å². The standard InChI is InChI=1S/C34H33F2N5O5/c1-34(2,3)46-33(43)41-14-13-19-9-11-21(15-26(19)41)37-31-29-25(38-30(39-31)28-23(35)7-6-8-24(28)36)18-40(32(29)42)17-20-10-12-22(44-4)16-27(20)45-5/h6-12,15-16H,13-14,17-18H2,1-5H3,(H,37,38,39). The number of hydrogen-bond donors (Lipinski definition) is 1. The number of halogens is 2. The molecule has 2 aliphatic heterocycles. The second-order valence-corrected chi connectivity index (χ2v) is 12.0. The SMILES string of the molecule is COc1ccc(CN2Cc3nc(-c4c(F)cccc4F)nc(Nc4ccc5c(c4)N(C(=O)OC(C)(C)C)CC5)c3C2=O)c(OC)c1. The van der Waals surface area contributed by atoms with Gasteiger partial charge in [-0.2, -0.15) is 0 Å². The number of methoxy groups -OCH3 is 2. The van der Waals surface area contributed by atoms with Crippen molar-refractivity contribution in [2.75, 3.05) is 31.0 Å². The first kappa shape index (κ1) is 30.8. The maximum absolute atomic E-state index is 14.9. The molecule has 2 aliphatic rings. The maximum Gasteiger partial charge on any atom is 0.414 e. The second kappa shape index (κ2) is 11.9. The van der Waals surface area contributed by atoms with Crippen LogP contribution < -0.4 is 19.7 Å². The summed E-state index contributed by atoms with van der Waals surface area (Å²) in [6.45, 7) is 6.11. The van der Waals surface area contributed by atoms with Gasteiger partial charge in [0.05, 0.1) is 44.3 Å². The van der Waals surface area contributed by atoms with Crippen molar-refractivity contribution in [1.82, 2.24) is 14.9 Å². The van der Waals surface area contributed by atoms with E-state index in [0.29, 0.717) is 41.5 Å². The topological polar surface area (TPSA) is 106 Å². The van der Waals surface area contributed by atoms with Gasteiger partial charge in [-0.15, -0.1) is 0 Å². The van der Waals surface area contributed by atoms with Crippen molar-refractivity contribution >= 4 is 29.2 Å². The number of hydrogen-bond acceptors (Lipinski definition) is 8. The van der Waals surface area contributed by atoms with E-state index in [0.717, 1.165) is 23.3 Å². The summed E-state index contributed by atoms with van der Waals surface area (Å²) in [7, 11) is 3.08. The summed E-state index contributed by atoms with van der Waals surface area (Å²) >= 11 is 0. The van der Waals surface area contributed by atoms with E-state index in [4.69, 9.17) is 14.2 Å². The summed E-state index contributed by atoms with van der Waals surface area (Å²) in [5.41, 5.74) is 2.27. The first-order chi connectivity index (χ1) is 22.0. The Balaban J connectivity index is 1.38. The van der Waals surface area contributed by atoms with Crippen LogP contribution in [0.25, 0.3) is 11.4 Å². The van der Waals surface area contributed by atoms with Gasteiger partial charge in [0, 0.05) is 23.9 Å². The van der Waals surface area contributed by atoms with Gasteiger partial charge in [0.2, 0.25) is 0 Å². The zero-order chi connectivity index (χ0) is 32.7. The molecule has 12 heteroatoms. The van der Waals surface area contributed by atoms with E-state index in [1.807, 2.05) is 6.07 Å². The Hall–Kier alpha value is -5.26. The zero-order valence-electron chi connectivity index (χ0n) is 26.1. The summed E-state index contributed by atoms with van der Waals surface area (Å²) < 4.78 is 46.3. The van der Waals surface area contributed by atoms with E-state index >= 15 is 0 Å². The van der Waals surface area contributed by atoms with Crippen LogP contribution in [0.3, 0.4) is 0 Å². The van der Waals surface area contributed by atoms with Crippen LogP contribution in [-0.4, -0.2) is 53.2 Å². The molecule has 0 aliphatic carbocycles. The number of carbonyl (C=O) groups is 2. The first-order valence-electron chi connectivity index (χ1n) is 14.7. The molecule has 0 spiro atoms. The Morgan fingerprint density at radius 3 is 2.43 bits per heavy atom. The minimum atomic E-state index is -0.833. The van der Waals surface area contributed by atoms with Gasteiger partial charge in [0.25, 0.3) is 5.91 Å². The molecule has 1 aromatic heterocycles. The molecule has 10 nitrogen and oxygen atoms in total. The van der Waals surface area contributed by atoms with Crippen molar-refractivity contribution in [2.45, 2.75) is 45.9 Å². The number of nitrogens with one attached hydrogen (secondary N) is 1. The summed E-state index contributed by atoms with van der Waals surface area (Å²) in [6, 6.07) is 14.3. The fourth-order valence-electron chi connectivity index (χ4n) is 5.59. The molecule has 46 heavy (non-hydrogen) atoms. The van der Waals surface area contributed by atoms with Gasteiger partial charge < -0.3 is 24.4 Å². The number of amides is 2. The van der Waals surface area contributed by atoms with Crippen LogP contribution in [0, 0.1) is 11.6 Å². The molecule has 238 valence electrons. The average Bonchev–Trinajstić information content (AvgIpc) is 3.57. The van der Waals surface area contributed by atoms with Crippen LogP contribution in [0.4, 0.5) is 30.8 Å². The van der Waals surface area contributed by atoms with Gasteiger partial charge in [-0.25, -0.2) is 23.5 Å². The Morgan fingerprint density at radius 2 is 1.74 bits per heavy atom. The molecule has 0 radical (unpaired) electrons. The largest absolute Gasteiger partial charge is 0.497 e. The third-order valence-corrected chi connectivity index (χ3v) is 7.72. The van der Waals surface area contributed by atoms with Crippen molar-refractivity contribution in [2.24, 2.45) is 0 Å². The molecule has 1 N–H and O–H groups in total. The quantitative estimate of drug-likeness (QED) is 0.243. The molecule has 0 bridgehead atoms. The molecule has 0 saturated heterocycles. The number of rotatable bonds is 7. The highest BCUT2D eigenvalue weighted by Gasteiger charge is 2.35. The zero-order valence-corrected chi connectivity index (χ0v) is 26.1. The number of benzene rings is 3. The first-order valence-corrected chi connectivity index (χ1v) is 14.7. The molecule has 0 atom stereocenters. The van der Waals surface area contributed by atoms with E-state index in [1.165, 1.54) is 13.2 Å². The highest BCUT2D eigenvalue weighted by atomic mass is 19.1. The molecule has 6 rings (SSSR count). The monoisotopic (exact) mass is 629 g/mol. The number of carbonyl (C=O) groups excluding carboxylic acids is 2. The minimum Gasteiger partial charge on any atom is -0.497 e. The Morgan fingerprint density at radius 1 is 0.978 bits per heavy atom. The van der Waals surface area contributed by atoms with Crippen LogP contribution >= 0.6 is 0 Å². The van der Waals surface area contributed by atoms with Crippen molar-refractivity contribution in [3.63, 3.8) is 0 Å². The summed E-state index contributed by atoms with van der Waals surface area (Å²) in [5.74, 6) is -1.02. The molecule has 2 amide bonds. The lowest BCUT2D eigenvalue weighted by Gasteiger charge is -2.25. The smallest absolute Gasteiger partial charge is 0.414 e. The van der Waals surface area contributed by atoms with Crippen molar-refractivity contribution in [1.29, 1.82) is 0 Å². The van der Waals surface area contributed by atoms with Gasteiger partial charge in [0.15, 0.2) is 5.82 Å². The lowest BCUT2D eigenvalue weighted by molar-refractivity contribution is 0.0583. The van der Waals surface area contributed by atoms with Gasteiger partial charge in [-0.1, -0.05) is 12.1 Å². The number of nitrogens with zero attached hydrogens (tertiary/aromatic N) is 4. The normalized spacial score (nSPS) is 13.8. The Bertz CT molecular complexity index is 1840. The van der Waals surface area contributed by atoms with Crippen LogP contribution in [0.1, 0.15) is 48.0 Å². The van der Waals surface area contributed by atoms with Gasteiger partial charge >= 0.3 is 6.09 Å². The van der Waals surface area contributed by atoms with E-state index in [1.54, 1.807) is 68.0 Å². The van der Waals surface area contributed by atoms with Crippen molar-refractivity contribution in [3.05, 3.63) is 88.6 Å². The molecule has 0 unspecified atom stereocenters. The van der Waals surface area contributed by atoms with Gasteiger partial charge in [-0.05, 0) is 69.2 Å². The second-order valence-electron chi connectivity index (χ2n) is 12.0. The molecule has 4 aromatic rings. The number of fused-ring (bicyclic) bond motifs is 2. The summed E-state index contributed by atoms with van der Waals surface area (Å²) in [4.78, 5) is 38.9. The van der Waals surface area contributed by atoms with E-state index in [2.05, 4.69) is 15.3 Å². The third kappa shape index (κ3) is 5.90. The van der Waals surface area contributed by atoms with E-state index in [9.17, 15) is 18.4 Å². The highest BCUT2D eigenvalue weighted by Crippen LogP contribution is 2.37. The molecule has 0 saturated carbocycles. The predicted molar refractivity (Wildman–Crippen MR) is 168 cm³/mol. The molecule has 3 heterocycles. The summed E-state index contributed by atoms with van der Waals surface area (Å²) in [6.07, 6.45) is 0.180. The molecule has 3 aromatic carbocycles. The van der Waals surface area contributed by atoms with Crippen LogP contribution in [0.5, 0.6) is 11.5 Å². The molecular weight excluding hydrogens is 596 g/mol.